The van der Waals surface area contributed by atoms with Gasteiger partial charge in [-0.05, 0) is 46.7 Å². The van der Waals surface area contributed by atoms with Gasteiger partial charge in [-0.1, -0.05) is 58.9 Å². The minimum Gasteiger partial charge on any atom is -0.207 e. The van der Waals surface area contributed by atoms with Crippen LogP contribution >= 0.6 is 0 Å². The topological polar surface area (TPSA) is 74.8 Å². The van der Waals surface area contributed by atoms with Crippen LogP contribution in [0, 0.1) is 0 Å². The van der Waals surface area contributed by atoms with Crippen LogP contribution in [0.4, 0.5) is 0 Å². The zero-order valence-electron chi connectivity index (χ0n) is 18.9. The lowest BCUT2D eigenvalue weighted by molar-refractivity contribution is 0.273. The molecule has 1 heterocycles. The largest absolute Gasteiger partial charge is 0.243 e. The van der Waals surface area contributed by atoms with Crippen LogP contribution in [-0.4, -0.2) is 51.6 Å². The molecule has 0 N–H and O–H groups in total. The van der Waals surface area contributed by atoms with Crippen LogP contribution in [0.5, 0.6) is 0 Å². The smallest absolute Gasteiger partial charge is 0.207 e. The Hall–Kier alpha value is -1.74. The Labute approximate surface area is 187 Å². The zero-order valence-corrected chi connectivity index (χ0v) is 20.5. The molecule has 0 aromatic heterocycles. The lowest BCUT2D eigenvalue weighted by atomic mass is 9.87. The van der Waals surface area contributed by atoms with E-state index >= 15 is 0 Å². The summed E-state index contributed by atoms with van der Waals surface area (Å²) in [5.41, 5.74) is 2.08. The van der Waals surface area contributed by atoms with Crippen LogP contribution in [0.25, 0.3) is 0 Å². The number of piperazine rings is 1. The van der Waals surface area contributed by atoms with Gasteiger partial charge in [0.1, 0.15) is 0 Å². The molecule has 0 unspecified atom stereocenters. The van der Waals surface area contributed by atoms with Gasteiger partial charge in [0.05, 0.1) is 9.79 Å². The maximum Gasteiger partial charge on any atom is 0.243 e. The van der Waals surface area contributed by atoms with Crippen LogP contribution in [-0.2, 0) is 25.5 Å². The second-order valence-corrected chi connectivity index (χ2v) is 13.2. The Kier molecular flexibility index (Phi) is 6.68. The Bertz CT molecular complexity index is 1110. The molecule has 0 radical (unpaired) electrons. The van der Waals surface area contributed by atoms with Gasteiger partial charge in [-0.15, -0.1) is 0 Å². The SMILES string of the molecule is CC(C)c1ccc(S(=O)(=O)N2CCN(S(=O)(=O)c3ccc(C(C)(C)C)cc3)CC2)cc1. The van der Waals surface area contributed by atoms with Crippen molar-refractivity contribution in [1.29, 1.82) is 0 Å². The minimum atomic E-state index is -3.66. The highest BCUT2D eigenvalue weighted by Crippen LogP contribution is 2.26. The molecular weight excluding hydrogens is 432 g/mol. The van der Waals surface area contributed by atoms with Crippen LogP contribution < -0.4 is 0 Å². The molecule has 1 saturated heterocycles. The van der Waals surface area contributed by atoms with Gasteiger partial charge in [0.15, 0.2) is 0 Å². The van der Waals surface area contributed by atoms with Gasteiger partial charge < -0.3 is 0 Å². The third-order valence-corrected chi connectivity index (χ3v) is 9.57. The van der Waals surface area contributed by atoms with Gasteiger partial charge >= 0.3 is 0 Å². The molecule has 2 aromatic rings. The second-order valence-electron chi connectivity index (χ2n) is 9.31. The summed E-state index contributed by atoms with van der Waals surface area (Å²) in [7, 11) is -7.31. The standard InChI is InChI=1S/C23H32N2O4S2/c1-18(2)19-6-10-21(11-7-19)30(26,27)24-14-16-25(17-15-24)31(28,29)22-12-8-20(9-13-22)23(3,4)5/h6-13,18H,14-17H2,1-5H3. The summed E-state index contributed by atoms with van der Waals surface area (Å²) >= 11 is 0. The van der Waals surface area contributed by atoms with Crippen molar-refractivity contribution >= 4 is 20.0 Å². The third kappa shape index (κ3) is 5.03. The number of sulfonamides is 2. The summed E-state index contributed by atoms with van der Waals surface area (Å²) < 4.78 is 54.8. The van der Waals surface area contributed by atoms with Crippen molar-refractivity contribution in [2.45, 2.75) is 55.7 Å². The van der Waals surface area contributed by atoms with Gasteiger partial charge in [-0.3, -0.25) is 0 Å². The average molecular weight is 465 g/mol. The van der Waals surface area contributed by atoms with Gasteiger partial charge in [-0.2, -0.15) is 8.61 Å². The first-order chi connectivity index (χ1) is 14.3. The van der Waals surface area contributed by atoms with Crippen LogP contribution in [0.3, 0.4) is 0 Å². The predicted octanol–water partition coefficient (Wildman–Crippen LogP) is 3.80. The summed E-state index contributed by atoms with van der Waals surface area (Å²) in [6.07, 6.45) is 0. The van der Waals surface area contributed by atoms with Crippen molar-refractivity contribution in [2.24, 2.45) is 0 Å². The Balaban J connectivity index is 1.72. The molecule has 1 aliphatic heterocycles. The van der Waals surface area contributed by atoms with E-state index in [9.17, 15) is 16.8 Å². The molecule has 1 aliphatic rings. The van der Waals surface area contributed by atoms with Crippen LogP contribution in [0.2, 0.25) is 0 Å². The molecule has 1 fully saturated rings. The highest BCUT2D eigenvalue weighted by Gasteiger charge is 2.34. The summed E-state index contributed by atoms with van der Waals surface area (Å²) in [5, 5.41) is 0. The highest BCUT2D eigenvalue weighted by atomic mass is 32.2. The second kappa shape index (κ2) is 8.65. The summed E-state index contributed by atoms with van der Waals surface area (Å²) in [6.45, 7) is 10.9. The number of nitrogens with zero attached hydrogens (tertiary/aromatic N) is 2. The molecule has 3 rings (SSSR count). The first kappa shape index (κ1) is 23.9. The first-order valence-electron chi connectivity index (χ1n) is 10.5. The fourth-order valence-electron chi connectivity index (χ4n) is 3.60. The molecule has 0 atom stereocenters. The number of hydrogen-bond donors (Lipinski definition) is 0. The summed E-state index contributed by atoms with van der Waals surface area (Å²) in [4.78, 5) is 0.479. The van der Waals surface area contributed by atoms with Crippen molar-refractivity contribution in [3.63, 3.8) is 0 Å². The number of benzene rings is 2. The van der Waals surface area contributed by atoms with E-state index in [1.54, 1.807) is 24.3 Å². The van der Waals surface area contributed by atoms with E-state index in [1.165, 1.54) is 8.61 Å². The van der Waals surface area contributed by atoms with E-state index in [1.807, 2.05) is 24.3 Å². The zero-order chi connectivity index (χ0) is 23.0. The normalized spacial score (nSPS) is 17.2. The lowest BCUT2D eigenvalue weighted by Gasteiger charge is -2.33. The van der Waals surface area contributed by atoms with Gasteiger partial charge in [-0.25, -0.2) is 16.8 Å². The van der Waals surface area contributed by atoms with Crippen molar-refractivity contribution in [3.8, 4) is 0 Å². The van der Waals surface area contributed by atoms with Gasteiger partial charge in [0.2, 0.25) is 20.0 Å². The average Bonchev–Trinajstić information content (AvgIpc) is 2.73. The molecule has 2 aromatic carbocycles. The van der Waals surface area contributed by atoms with E-state index < -0.39 is 20.0 Å². The molecule has 0 spiro atoms. The van der Waals surface area contributed by atoms with E-state index in [-0.39, 0.29) is 41.4 Å². The fraction of sp³-hybridized carbons (Fsp3) is 0.478. The molecule has 0 bridgehead atoms. The van der Waals surface area contributed by atoms with E-state index in [0.717, 1.165) is 11.1 Å². The molecule has 170 valence electrons. The summed E-state index contributed by atoms with van der Waals surface area (Å²) in [5.74, 6) is 0.322. The molecular formula is C23H32N2O4S2. The van der Waals surface area contributed by atoms with Crippen LogP contribution in [0.15, 0.2) is 58.3 Å². The quantitative estimate of drug-likeness (QED) is 0.675. The molecule has 0 saturated carbocycles. The Morgan fingerprint density at radius 1 is 0.677 bits per heavy atom. The first-order valence-corrected chi connectivity index (χ1v) is 13.4. The summed E-state index contributed by atoms with van der Waals surface area (Å²) in [6, 6.07) is 13.9. The van der Waals surface area contributed by atoms with E-state index in [0.29, 0.717) is 5.92 Å². The Morgan fingerprint density at radius 2 is 1.03 bits per heavy atom. The Morgan fingerprint density at radius 3 is 1.35 bits per heavy atom. The minimum absolute atomic E-state index is 0.0599. The third-order valence-electron chi connectivity index (χ3n) is 5.74. The maximum atomic E-state index is 13.0. The number of rotatable bonds is 5. The highest BCUT2D eigenvalue weighted by molar-refractivity contribution is 7.89. The van der Waals surface area contributed by atoms with Crippen molar-refractivity contribution in [2.75, 3.05) is 26.2 Å². The van der Waals surface area contributed by atoms with Crippen molar-refractivity contribution < 1.29 is 16.8 Å². The van der Waals surface area contributed by atoms with Crippen molar-refractivity contribution in [3.05, 3.63) is 59.7 Å². The molecule has 6 nitrogen and oxygen atoms in total. The molecule has 0 amide bonds. The predicted molar refractivity (Wildman–Crippen MR) is 123 cm³/mol. The van der Waals surface area contributed by atoms with E-state index in [4.69, 9.17) is 0 Å². The molecule has 8 heteroatoms. The van der Waals surface area contributed by atoms with Gasteiger partial charge in [0, 0.05) is 26.2 Å². The van der Waals surface area contributed by atoms with Crippen LogP contribution in [0.1, 0.15) is 51.7 Å². The van der Waals surface area contributed by atoms with Gasteiger partial charge in [0.25, 0.3) is 0 Å². The monoisotopic (exact) mass is 464 g/mol. The maximum absolute atomic E-state index is 13.0. The van der Waals surface area contributed by atoms with E-state index in [2.05, 4.69) is 34.6 Å². The number of hydrogen-bond acceptors (Lipinski definition) is 4. The molecule has 31 heavy (non-hydrogen) atoms. The molecule has 0 aliphatic carbocycles. The van der Waals surface area contributed by atoms with Crippen molar-refractivity contribution in [1.82, 2.24) is 8.61 Å². The fourth-order valence-corrected chi connectivity index (χ4v) is 6.44. The lowest BCUT2D eigenvalue weighted by Crippen LogP contribution is -2.50.